The van der Waals surface area contributed by atoms with Gasteiger partial charge < -0.3 is 5.11 Å². The van der Waals surface area contributed by atoms with E-state index < -0.39 is 0 Å². The Labute approximate surface area is 194 Å². The van der Waals surface area contributed by atoms with E-state index in [0.717, 1.165) is 41.0 Å². The Morgan fingerprint density at radius 3 is 1.97 bits per heavy atom. The molecule has 1 aromatic heterocycles. The van der Waals surface area contributed by atoms with Crippen molar-refractivity contribution < 1.29 is 5.11 Å². The zero-order valence-corrected chi connectivity index (χ0v) is 21.7. The molecule has 174 valence electrons. The summed E-state index contributed by atoms with van der Waals surface area (Å²) in [4.78, 5) is 5.11. The molecule has 3 aromatic rings. The second kappa shape index (κ2) is 8.92. The summed E-state index contributed by atoms with van der Waals surface area (Å²) in [7, 11) is 0. The molecule has 0 amide bonds. The summed E-state index contributed by atoms with van der Waals surface area (Å²) in [5.74, 6) is 1.55. The monoisotopic (exact) mass is 434 g/mol. The first-order valence-electron chi connectivity index (χ1n) is 12.2. The van der Waals surface area contributed by atoms with Crippen LogP contribution in [0, 0.1) is 13.8 Å². The molecule has 0 atom stereocenters. The number of rotatable bonds is 6. The fourth-order valence-electron chi connectivity index (χ4n) is 4.68. The van der Waals surface area contributed by atoms with Crippen LogP contribution in [0.2, 0.25) is 0 Å². The molecule has 0 aliphatic rings. The minimum absolute atomic E-state index is 0.163. The number of phenols is 1. The molecular formula is C29H42N2O. The normalized spacial score (nSPS) is 12.7. The van der Waals surface area contributed by atoms with Gasteiger partial charge in [0, 0.05) is 23.2 Å². The Morgan fingerprint density at radius 2 is 1.44 bits per heavy atom. The molecule has 3 nitrogen and oxygen atoms in total. The highest BCUT2D eigenvalue weighted by Gasteiger charge is 2.28. The van der Waals surface area contributed by atoms with E-state index in [-0.39, 0.29) is 10.8 Å². The topological polar surface area (TPSA) is 38.0 Å². The van der Waals surface area contributed by atoms with Crippen molar-refractivity contribution in [3.05, 3.63) is 52.3 Å². The highest BCUT2D eigenvalue weighted by Crippen LogP contribution is 2.41. The van der Waals surface area contributed by atoms with Crippen LogP contribution in [0.1, 0.15) is 102 Å². The molecule has 0 unspecified atom stereocenters. The van der Waals surface area contributed by atoms with Crippen molar-refractivity contribution in [2.24, 2.45) is 0 Å². The maximum absolute atomic E-state index is 11.2. The molecule has 2 aromatic carbocycles. The number of fused-ring (bicyclic) bond motifs is 1. The Morgan fingerprint density at radius 1 is 0.844 bits per heavy atom. The molecule has 3 heteroatoms. The van der Waals surface area contributed by atoms with E-state index in [1.54, 1.807) is 0 Å². The Balaban J connectivity index is 2.32. The van der Waals surface area contributed by atoms with Crippen LogP contribution in [0.3, 0.4) is 0 Å². The fraction of sp³-hybridized carbons (Fsp3) is 0.552. The number of hydrogen-bond acceptors (Lipinski definition) is 2. The Bertz CT molecular complexity index is 1070. The molecule has 1 heterocycles. The summed E-state index contributed by atoms with van der Waals surface area (Å²) in [5, 5.41) is 11.2. The summed E-state index contributed by atoms with van der Waals surface area (Å²) in [6, 6.07) is 8.81. The zero-order chi connectivity index (χ0) is 23.8. The number of aryl methyl sites for hydroxylation is 3. The molecule has 0 aliphatic carbocycles. The standard InChI is InChI=1S/C29H42N2O/c1-10-11-12-13-14-25-30-24-16-19(2)15-20(3)26(24)31(25)21-17-22(28(4,5)6)27(32)23(18-21)29(7,8)9/h15-18,32H,10-14H2,1-9H3. The smallest absolute Gasteiger partial charge is 0.123 e. The van der Waals surface area contributed by atoms with E-state index >= 15 is 0 Å². The summed E-state index contributed by atoms with van der Waals surface area (Å²) >= 11 is 0. The van der Waals surface area contributed by atoms with E-state index in [2.05, 4.69) is 91.1 Å². The lowest BCUT2D eigenvalue weighted by Gasteiger charge is -2.28. The number of aromatic hydroxyl groups is 1. The van der Waals surface area contributed by atoms with Crippen molar-refractivity contribution in [1.29, 1.82) is 0 Å². The molecule has 0 spiro atoms. The van der Waals surface area contributed by atoms with Crippen molar-refractivity contribution in [2.45, 2.75) is 105 Å². The minimum Gasteiger partial charge on any atom is -0.507 e. The van der Waals surface area contributed by atoms with Crippen molar-refractivity contribution in [3.63, 3.8) is 0 Å². The number of phenolic OH excluding ortho intramolecular Hbond substituents is 1. The van der Waals surface area contributed by atoms with Gasteiger partial charge in [0.2, 0.25) is 0 Å². The number of hydrogen-bond donors (Lipinski definition) is 1. The van der Waals surface area contributed by atoms with Crippen molar-refractivity contribution in [3.8, 4) is 11.4 Å². The molecule has 0 saturated carbocycles. The van der Waals surface area contributed by atoms with Gasteiger partial charge >= 0.3 is 0 Å². The fourth-order valence-corrected chi connectivity index (χ4v) is 4.68. The predicted octanol–water partition coefficient (Wildman–Crippen LogP) is 8.07. The van der Waals surface area contributed by atoms with Gasteiger partial charge in [-0.2, -0.15) is 0 Å². The average molecular weight is 435 g/mol. The van der Waals surface area contributed by atoms with Gasteiger partial charge in [-0.15, -0.1) is 0 Å². The van der Waals surface area contributed by atoms with Crippen LogP contribution < -0.4 is 0 Å². The molecule has 0 aliphatic heterocycles. The van der Waals surface area contributed by atoms with Gasteiger partial charge in [0.15, 0.2) is 0 Å². The van der Waals surface area contributed by atoms with Gasteiger partial charge in [-0.05, 0) is 60.4 Å². The third-order valence-corrected chi connectivity index (χ3v) is 6.38. The Kier molecular flexibility index (Phi) is 6.79. The first-order chi connectivity index (χ1) is 14.8. The summed E-state index contributed by atoms with van der Waals surface area (Å²) < 4.78 is 2.36. The molecule has 1 N–H and O–H groups in total. The first-order valence-corrected chi connectivity index (χ1v) is 12.2. The number of benzene rings is 2. The van der Waals surface area contributed by atoms with Gasteiger partial charge in [-0.3, -0.25) is 4.57 Å². The quantitative estimate of drug-likeness (QED) is 0.398. The zero-order valence-electron chi connectivity index (χ0n) is 21.7. The molecule has 0 fully saturated rings. The lowest BCUT2D eigenvalue weighted by molar-refractivity contribution is 0.423. The van der Waals surface area contributed by atoms with Gasteiger partial charge in [0.25, 0.3) is 0 Å². The second-order valence-electron chi connectivity index (χ2n) is 11.5. The molecule has 32 heavy (non-hydrogen) atoms. The van der Waals surface area contributed by atoms with Gasteiger partial charge in [0.1, 0.15) is 11.6 Å². The third kappa shape index (κ3) is 4.87. The third-order valence-electron chi connectivity index (χ3n) is 6.38. The van der Waals surface area contributed by atoms with Crippen molar-refractivity contribution in [1.82, 2.24) is 9.55 Å². The molecule has 3 rings (SSSR count). The van der Waals surface area contributed by atoms with E-state index in [9.17, 15) is 5.11 Å². The molecule has 0 saturated heterocycles. The number of aromatic nitrogens is 2. The Hall–Kier alpha value is -2.29. The summed E-state index contributed by atoms with van der Waals surface area (Å²) in [6.45, 7) is 19.6. The van der Waals surface area contributed by atoms with Gasteiger partial charge in [0.05, 0.1) is 11.0 Å². The predicted molar refractivity (Wildman–Crippen MR) is 137 cm³/mol. The lowest BCUT2D eigenvalue weighted by Crippen LogP contribution is -2.18. The lowest BCUT2D eigenvalue weighted by atomic mass is 9.79. The number of nitrogens with zero attached hydrogens (tertiary/aromatic N) is 2. The van der Waals surface area contributed by atoms with Crippen LogP contribution in [0.25, 0.3) is 16.7 Å². The van der Waals surface area contributed by atoms with E-state index in [0.29, 0.717) is 5.75 Å². The van der Waals surface area contributed by atoms with Crippen LogP contribution >= 0.6 is 0 Å². The SMILES string of the molecule is CCCCCCc1nc2cc(C)cc(C)c2n1-c1cc(C(C)(C)C)c(O)c(C(C)(C)C)c1. The van der Waals surface area contributed by atoms with Crippen molar-refractivity contribution in [2.75, 3.05) is 0 Å². The largest absolute Gasteiger partial charge is 0.507 e. The van der Waals surface area contributed by atoms with E-state index in [4.69, 9.17) is 4.98 Å². The second-order valence-corrected chi connectivity index (χ2v) is 11.5. The van der Waals surface area contributed by atoms with E-state index in [1.807, 2.05) is 0 Å². The van der Waals surface area contributed by atoms with Crippen LogP contribution in [0.5, 0.6) is 5.75 Å². The number of imidazole rings is 1. The van der Waals surface area contributed by atoms with Gasteiger partial charge in [-0.25, -0.2) is 4.98 Å². The maximum Gasteiger partial charge on any atom is 0.123 e. The molecule has 0 bridgehead atoms. The van der Waals surface area contributed by atoms with Crippen LogP contribution in [0.4, 0.5) is 0 Å². The molecular weight excluding hydrogens is 392 g/mol. The van der Waals surface area contributed by atoms with Gasteiger partial charge in [-0.1, -0.05) is 73.8 Å². The average Bonchev–Trinajstić information content (AvgIpc) is 3.02. The number of unbranched alkanes of at least 4 members (excludes halogenated alkanes) is 3. The highest BCUT2D eigenvalue weighted by atomic mass is 16.3. The van der Waals surface area contributed by atoms with Crippen LogP contribution in [0.15, 0.2) is 24.3 Å². The first kappa shape index (κ1) is 24.4. The van der Waals surface area contributed by atoms with Crippen LogP contribution in [-0.2, 0) is 17.3 Å². The molecule has 0 radical (unpaired) electrons. The summed E-state index contributed by atoms with van der Waals surface area (Å²) in [6.07, 6.45) is 5.83. The maximum atomic E-state index is 11.2. The highest BCUT2D eigenvalue weighted by molar-refractivity contribution is 5.83. The summed E-state index contributed by atoms with van der Waals surface area (Å²) in [5.41, 5.74) is 7.50. The van der Waals surface area contributed by atoms with E-state index in [1.165, 1.54) is 35.9 Å². The van der Waals surface area contributed by atoms with Crippen molar-refractivity contribution >= 4 is 11.0 Å². The van der Waals surface area contributed by atoms with Crippen LogP contribution in [-0.4, -0.2) is 14.7 Å². The minimum atomic E-state index is -0.163.